The standard InChI is InChI=1S/C12H24O5S/c1-11(2,3)8-16-10(13)7-18(14,15)17-9-12(4,5)6/h7-9H2,1-6H3. The molecular weight excluding hydrogens is 256 g/mol. The van der Waals surface area contributed by atoms with Gasteiger partial charge in [-0.05, 0) is 10.8 Å². The highest BCUT2D eigenvalue weighted by Crippen LogP contribution is 2.15. The highest BCUT2D eigenvalue weighted by molar-refractivity contribution is 7.87. The van der Waals surface area contributed by atoms with Crippen LogP contribution in [-0.4, -0.2) is 33.4 Å². The molecule has 0 rings (SSSR count). The van der Waals surface area contributed by atoms with Crippen LogP contribution >= 0.6 is 0 Å². The van der Waals surface area contributed by atoms with E-state index >= 15 is 0 Å². The molecule has 0 aromatic rings. The van der Waals surface area contributed by atoms with Crippen molar-refractivity contribution < 1.29 is 22.1 Å². The lowest BCUT2D eigenvalue weighted by Gasteiger charge is -2.19. The van der Waals surface area contributed by atoms with E-state index in [0.29, 0.717) is 0 Å². The second-order valence-electron chi connectivity index (χ2n) is 6.75. The SMILES string of the molecule is CC(C)(C)COC(=O)CS(=O)(=O)OCC(C)(C)C. The van der Waals surface area contributed by atoms with Crippen LogP contribution in [0.5, 0.6) is 0 Å². The second-order valence-corrected chi connectivity index (χ2v) is 8.39. The molecular formula is C12H24O5S. The lowest BCUT2D eigenvalue weighted by Crippen LogP contribution is -2.27. The lowest BCUT2D eigenvalue weighted by molar-refractivity contribution is -0.143. The minimum atomic E-state index is -3.86. The Labute approximate surface area is 110 Å². The van der Waals surface area contributed by atoms with Crippen LogP contribution in [0.3, 0.4) is 0 Å². The molecule has 0 radical (unpaired) electrons. The Balaban J connectivity index is 4.21. The van der Waals surface area contributed by atoms with Crippen LogP contribution in [0.25, 0.3) is 0 Å². The van der Waals surface area contributed by atoms with E-state index in [1.54, 1.807) is 0 Å². The van der Waals surface area contributed by atoms with E-state index in [1.807, 2.05) is 41.5 Å². The van der Waals surface area contributed by atoms with Crippen molar-refractivity contribution in [2.75, 3.05) is 19.0 Å². The van der Waals surface area contributed by atoms with Gasteiger partial charge in [-0.25, -0.2) is 0 Å². The molecule has 0 fully saturated rings. The molecule has 0 saturated carbocycles. The fraction of sp³-hybridized carbons (Fsp3) is 0.917. The average molecular weight is 280 g/mol. The topological polar surface area (TPSA) is 69.7 Å². The van der Waals surface area contributed by atoms with Gasteiger partial charge in [-0.1, -0.05) is 41.5 Å². The molecule has 5 nitrogen and oxygen atoms in total. The predicted octanol–water partition coefficient (Wildman–Crippen LogP) is 1.97. The minimum Gasteiger partial charge on any atom is -0.464 e. The van der Waals surface area contributed by atoms with Crippen LogP contribution < -0.4 is 0 Å². The van der Waals surface area contributed by atoms with Crippen molar-refractivity contribution in [3.63, 3.8) is 0 Å². The molecule has 18 heavy (non-hydrogen) atoms. The highest BCUT2D eigenvalue weighted by Gasteiger charge is 2.23. The van der Waals surface area contributed by atoms with Crippen molar-refractivity contribution in [1.82, 2.24) is 0 Å². The van der Waals surface area contributed by atoms with Gasteiger partial charge in [0.2, 0.25) is 0 Å². The Hall–Kier alpha value is -0.620. The first-order valence-electron chi connectivity index (χ1n) is 5.83. The van der Waals surface area contributed by atoms with Crippen LogP contribution in [0.1, 0.15) is 41.5 Å². The maximum Gasteiger partial charge on any atom is 0.323 e. The molecule has 0 unspecified atom stereocenters. The Morgan fingerprint density at radius 1 is 0.944 bits per heavy atom. The van der Waals surface area contributed by atoms with Crippen LogP contribution in [-0.2, 0) is 23.8 Å². The van der Waals surface area contributed by atoms with E-state index < -0.39 is 21.8 Å². The molecule has 6 heteroatoms. The summed E-state index contributed by atoms with van der Waals surface area (Å²) in [5, 5.41) is 0. The second kappa shape index (κ2) is 6.02. The van der Waals surface area contributed by atoms with Gasteiger partial charge in [-0.2, -0.15) is 8.42 Å². The summed E-state index contributed by atoms with van der Waals surface area (Å²) >= 11 is 0. The number of hydrogen-bond acceptors (Lipinski definition) is 5. The van der Waals surface area contributed by atoms with E-state index in [2.05, 4.69) is 0 Å². The largest absolute Gasteiger partial charge is 0.464 e. The van der Waals surface area contributed by atoms with Gasteiger partial charge < -0.3 is 4.74 Å². The predicted molar refractivity (Wildman–Crippen MR) is 69.6 cm³/mol. The van der Waals surface area contributed by atoms with E-state index in [0.717, 1.165) is 0 Å². The number of carbonyl (C=O) groups excluding carboxylic acids is 1. The molecule has 0 aromatic heterocycles. The summed E-state index contributed by atoms with van der Waals surface area (Å²) in [6, 6.07) is 0. The van der Waals surface area contributed by atoms with Crippen molar-refractivity contribution >= 4 is 16.1 Å². The zero-order chi connectivity index (χ0) is 14.6. The van der Waals surface area contributed by atoms with Crippen molar-refractivity contribution in [3.05, 3.63) is 0 Å². The smallest absolute Gasteiger partial charge is 0.323 e. The molecule has 0 amide bonds. The molecule has 0 saturated heterocycles. The summed E-state index contributed by atoms with van der Waals surface area (Å²) in [4.78, 5) is 11.3. The summed E-state index contributed by atoms with van der Waals surface area (Å²) in [5.74, 6) is -1.52. The summed E-state index contributed by atoms with van der Waals surface area (Å²) in [6.07, 6.45) is 0. The monoisotopic (exact) mass is 280 g/mol. The van der Waals surface area contributed by atoms with E-state index in [9.17, 15) is 13.2 Å². The summed E-state index contributed by atoms with van der Waals surface area (Å²) in [5.41, 5.74) is -0.464. The van der Waals surface area contributed by atoms with Gasteiger partial charge >= 0.3 is 5.97 Å². The van der Waals surface area contributed by atoms with Crippen molar-refractivity contribution in [3.8, 4) is 0 Å². The van der Waals surface area contributed by atoms with Crippen LogP contribution in [0, 0.1) is 10.8 Å². The first-order chi connectivity index (χ1) is 7.81. The molecule has 0 atom stereocenters. The zero-order valence-corrected chi connectivity index (χ0v) is 12.9. The maximum atomic E-state index is 11.5. The van der Waals surface area contributed by atoms with E-state index in [1.165, 1.54) is 0 Å². The van der Waals surface area contributed by atoms with Gasteiger partial charge in [0.1, 0.15) is 0 Å². The zero-order valence-electron chi connectivity index (χ0n) is 12.1. The third kappa shape index (κ3) is 10.5. The van der Waals surface area contributed by atoms with Gasteiger partial charge in [0.25, 0.3) is 10.1 Å². The molecule has 0 N–H and O–H groups in total. The van der Waals surface area contributed by atoms with Crippen molar-refractivity contribution in [2.24, 2.45) is 10.8 Å². The quantitative estimate of drug-likeness (QED) is 0.569. The van der Waals surface area contributed by atoms with E-state index in [4.69, 9.17) is 8.92 Å². The third-order valence-electron chi connectivity index (χ3n) is 1.63. The maximum absolute atomic E-state index is 11.5. The average Bonchev–Trinajstić information content (AvgIpc) is 2.09. The molecule has 0 aliphatic rings. The molecule has 0 spiro atoms. The fourth-order valence-corrected chi connectivity index (χ4v) is 1.78. The Kier molecular flexibility index (Phi) is 5.81. The van der Waals surface area contributed by atoms with Gasteiger partial charge in [0.05, 0.1) is 13.2 Å². The molecule has 0 aliphatic heterocycles. The lowest BCUT2D eigenvalue weighted by atomic mass is 9.99. The summed E-state index contributed by atoms with van der Waals surface area (Å²) in [6.45, 7) is 11.4. The number of hydrogen-bond donors (Lipinski definition) is 0. The fourth-order valence-electron chi connectivity index (χ4n) is 0.791. The third-order valence-corrected chi connectivity index (χ3v) is 2.70. The van der Waals surface area contributed by atoms with Gasteiger partial charge in [0.15, 0.2) is 5.75 Å². The minimum absolute atomic E-state index is 0.0435. The first kappa shape index (κ1) is 17.4. The number of ether oxygens (including phenoxy) is 1. The Morgan fingerprint density at radius 3 is 1.78 bits per heavy atom. The van der Waals surface area contributed by atoms with Crippen LogP contribution in [0.4, 0.5) is 0 Å². The number of carbonyl (C=O) groups is 1. The van der Waals surface area contributed by atoms with Gasteiger partial charge in [-0.3, -0.25) is 8.98 Å². The normalized spacial score (nSPS) is 13.4. The van der Waals surface area contributed by atoms with Crippen LogP contribution in [0.2, 0.25) is 0 Å². The van der Waals surface area contributed by atoms with Crippen LogP contribution in [0.15, 0.2) is 0 Å². The highest BCUT2D eigenvalue weighted by atomic mass is 32.2. The van der Waals surface area contributed by atoms with Crippen molar-refractivity contribution in [1.29, 1.82) is 0 Å². The molecule has 0 bridgehead atoms. The number of esters is 1. The Bertz CT molecular complexity index is 370. The summed E-state index contributed by atoms with van der Waals surface area (Å²) in [7, 11) is -3.86. The number of rotatable bonds is 5. The van der Waals surface area contributed by atoms with Gasteiger partial charge in [0, 0.05) is 0 Å². The van der Waals surface area contributed by atoms with Crippen molar-refractivity contribution in [2.45, 2.75) is 41.5 Å². The molecule has 0 aromatic carbocycles. The molecule has 0 heterocycles. The molecule has 0 aliphatic carbocycles. The Morgan fingerprint density at radius 2 is 1.39 bits per heavy atom. The van der Waals surface area contributed by atoms with E-state index in [-0.39, 0.29) is 24.0 Å². The van der Waals surface area contributed by atoms with Gasteiger partial charge in [-0.15, -0.1) is 0 Å². The first-order valence-corrected chi connectivity index (χ1v) is 7.41. The summed E-state index contributed by atoms with van der Waals surface area (Å²) < 4.78 is 32.6. The molecule has 108 valence electrons.